The van der Waals surface area contributed by atoms with E-state index in [9.17, 15) is 4.79 Å². The van der Waals surface area contributed by atoms with Crippen LogP contribution in [0, 0.1) is 6.92 Å². The summed E-state index contributed by atoms with van der Waals surface area (Å²) in [6, 6.07) is 3.57. The molecule has 2 aromatic heterocycles. The van der Waals surface area contributed by atoms with Gasteiger partial charge in [-0.05, 0) is 12.1 Å². The van der Waals surface area contributed by atoms with Gasteiger partial charge in [-0.2, -0.15) is 4.98 Å². The summed E-state index contributed by atoms with van der Waals surface area (Å²) in [6.07, 6.45) is 2.45. The number of hydrogen-bond donors (Lipinski definition) is 1. The number of nitrogens with one attached hydrogen (secondary N) is 1. The third kappa shape index (κ3) is 4.17. The Morgan fingerprint density at radius 2 is 2.36 bits per heavy atom. The summed E-state index contributed by atoms with van der Waals surface area (Å²) in [4.78, 5) is 24.3. The molecule has 0 aromatic carbocycles. The monoisotopic (exact) mass is 346 g/mol. The van der Waals surface area contributed by atoms with Gasteiger partial charge in [-0.25, -0.2) is 9.78 Å². The molecule has 2 amide bonds. The number of likely N-dealkylation sites (tertiary alicyclic amines) is 1. The third-order valence-corrected chi connectivity index (χ3v) is 3.87. The van der Waals surface area contributed by atoms with Gasteiger partial charge in [0.1, 0.15) is 6.10 Å². The molecule has 134 valence electrons. The lowest BCUT2D eigenvalue weighted by molar-refractivity contribution is 0.186. The Morgan fingerprint density at radius 3 is 3.08 bits per heavy atom. The number of hydrogen-bond acceptors (Lipinski definition) is 7. The van der Waals surface area contributed by atoms with E-state index in [-0.39, 0.29) is 18.7 Å². The lowest BCUT2D eigenvalue weighted by Crippen LogP contribution is -2.39. The van der Waals surface area contributed by atoms with Crippen LogP contribution in [0.15, 0.2) is 22.9 Å². The zero-order chi connectivity index (χ0) is 17.8. The molecule has 1 aliphatic rings. The Bertz CT molecular complexity index is 732. The fourth-order valence-corrected chi connectivity index (χ4v) is 2.68. The van der Waals surface area contributed by atoms with Gasteiger partial charge in [-0.15, -0.1) is 0 Å². The second-order valence-corrected chi connectivity index (χ2v) is 6.08. The number of carbonyl (C=O) groups excluding carboxylic acids is 1. The summed E-state index contributed by atoms with van der Waals surface area (Å²) < 4.78 is 10.9. The quantitative estimate of drug-likeness (QED) is 0.869. The minimum atomic E-state index is -0.160. The second-order valence-electron chi connectivity index (χ2n) is 6.08. The first-order valence-electron chi connectivity index (χ1n) is 8.14. The van der Waals surface area contributed by atoms with Crippen LogP contribution in [0.1, 0.15) is 18.1 Å². The Morgan fingerprint density at radius 1 is 1.52 bits per heavy atom. The van der Waals surface area contributed by atoms with Crippen LogP contribution >= 0.6 is 0 Å². The van der Waals surface area contributed by atoms with E-state index in [1.165, 1.54) is 0 Å². The van der Waals surface area contributed by atoms with E-state index in [4.69, 9.17) is 9.26 Å². The number of anilines is 1. The molecule has 1 N–H and O–H groups in total. The van der Waals surface area contributed by atoms with Crippen molar-refractivity contribution in [3.05, 3.63) is 30.0 Å². The van der Waals surface area contributed by atoms with Gasteiger partial charge >= 0.3 is 6.03 Å². The molecule has 9 nitrogen and oxygen atoms in total. The smallest absolute Gasteiger partial charge is 0.317 e. The van der Waals surface area contributed by atoms with Crippen molar-refractivity contribution in [2.75, 3.05) is 32.1 Å². The lowest BCUT2D eigenvalue weighted by atomic mass is 10.3. The maximum Gasteiger partial charge on any atom is 0.317 e. The summed E-state index contributed by atoms with van der Waals surface area (Å²) in [5.41, 5.74) is 0. The van der Waals surface area contributed by atoms with Gasteiger partial charge in [-0.1, -0.05) is 5.16 Å². The topological polar surface area (TPSA) is 96.6 Å². The highest BCUT2D eigenvalue weighted by Crippen LogP contribution is 2.26. The molecule has 0 spiro atoms. The number of amides is 2. The minimum absolute atomic E-state index is 0.0546. The van der Waals surface area contributed by atoms with Crippen molar-refractivity contribution >= 4 is 11.8 Å². The zero-order valence-corrected chi connectivity index (χ0v) is 14.6. The molecule has 0 unspecified atom stereocenters. The van der Waals surface area contributed by atoms with Gasteiger partial charge in [0.25, 0.3) is 0 Å². The highest BCUT2D eigenvalue weighted by atomic mass is 16.5. The van der Waals surface area contributed by atoms with Crippen molar-refractivity contribution in [2.45, 2.75) is 26.0 Å². The van der Waals surface area contributed by atoms with Crippen LogP contribution in [-0.4, -0.2) is 59.3 Å². The average Bonchev–Trinajstić information content (AvgIpc) is 3.22. The van der Waals surface area contributed by atoms with E-state index in [2.05, 4.69) is 20.4 Å². The predicted molar refractivity (Wildman–Crippen MR) is 90.4 cm³/mol. The lowest BCUT2D eigenvalue weighted by Gasteiger charge is -2.20. The maximum absolute atomic E-state index is 12.3. The molecule has 2 aromatic rings. The molecular formula is C16H22N6O3. The zero-order valence-electron chi connectivity index (χ0n) is 14.6. The Labute approximate surface area is 146 Å². The van der Waals surface area contributed by atoms with Crippen LogP contribution in [0.4, 0.5) is 10.6 Å². The van der Waals surface area contributed by atoms with Gasteiger partial charge in [0.15, 0.2) is 17.4 Å². The number of aromatic nitrogens is 3. The molecule has 1 aliphatic heterocycles. The summed E-state index contributed by atoms with van der Waals surface area (Å²) in [6.45, 7) is 3.12. The number of rotatable bonds is 5. The van der Waals surface area contributed by atoms with Crippen LogP contribution in [0.3, 0.4) is 0 Å². The molecule has 1 saturated heterocycles. The first kappa shape index (κ1) is 17.0. The van der Waals surface area contributed by atoms with Gasteiger partial charge in [-0.3, -0.25) is 0 Å². The fraction of sp³-hybridized carbons (Fsp3) is 0.500. The maximum atomic E-state index is 12.3. The van der Waals surface area contributed by atoms with Crippen LogP contribution in [0.25, 0.3) is 0 Å². The van der Waals surface area contributed by atoms with Crippen molar-refractivity contribution in [1.82, 2.24) is 25.3 Å². The summed E-state index contributed by atoms with van der Waals surface area (Å²) >= 11 is 0. The number of pyridine rings is 1. The highest BCUT2D eigenvalue weighted by Gasteiger charge is 2.28. The van der Waals surface area contributed by atoms with E-state index in [0.717, 1.165) is 18.0 Å². The van der Waals surface area contributed by atoms with E-state index >= 15 is 0 Å². The van der Waals surface area contributed by atoms with Gasteiger partial charge < -0.3 is 24.4 Å². The summed E-state index contributed by atoms with van der Waals surface area (Å²) in [7, 11) is 3.84. The van der Waals surface area contributed by atoms with Crippen molar-refractivity contribution in [3.63, 3.8) is 0 Å². The van der Waals surface area contributed by atoms with Gasteiger partial charge in [0, 0.05) is 40.2 Å². The van der Waals surface area contributed by atoms with Crippen LogP contribution < -0.4 is 15.0 Å². The SMILES string of the molecule is Cc1nc(CNC(=O)N2CC[C@@H](Oc3cccnc3N(C)C)C2)no1. The second kappa shape index (κ2) is 7.37. The molecule has 3 rings (SSSR count). The van der Waals surface area contributed by atoms with E-state index in [1.54, 1.807) is 18.0 Å². The van der Waals surface area contributed by atoms with E-state index in [1.807, 2.05) is 31.1 Å². The average molecular weight is 346 g/mol. The van der Waals surface area contributed by atoms with Crippen molar-refractivity contribution in [1.29, 1.82) is 0 Å². The van der Waals surface area contributed by atoms with Crippen LogP contribution in [-0.2, 0) is 6.54 Å². The van der Waals surface area contributed by atoms with Crippen molar-refractivity contribution in [3.8, 4) is 5.75 Å². The number of urea groups is 1. The Hall–Kier alpha value is -2.84. The molecule has 0 radical (unpaired) electrons. The highest BCUT2D eigenvalue weighted by molar-refractivity contribution is 5.74. The molecule has 9 heteroatoms. The van der Waals surface area contributed by atoms with E-state index < -0.39 is 0 Å². The van der Waals surface area contributed by atoms with Crippen molar-refractivity contribution in [2.24, 2.45) is 0 Å². The molecule has 0 saturated carbocycles. The fourth-order valence-electron chi connectivity index (χ4n) is 2.68. The summed E-state index contributed by atoms with van der Waals surface area (Å²) in [5, 5.41) is 6.55. The molecule has 0 aliphatic carbocycles. The van der Waals surface area contributed by atoms with E-state index in [0.29, 0.717) is 24.8 Å². The first-order chi connectivity index (χ1) is 12.0. The first-order valence-corrected chi connectivity index (χ1v) is 8.14. The largest absolute Gasteiger partial charge is 0.485 e. The van der Waals surface area contributed by atoms with Crippen molar-refractivity contribution < 1.29 is 14.1 Å². The number of carbonyl (C=O) groups is 1. The molecule has 1 atom stereocenters. The normalized spacial score (nSPS) is 16.8. The van der Waals surface area contributed by atoms with Gasteiger partial charge in [0.05, 0.1) is 13.1 Å². The Balaban J connectivity index is 1.52. The van der Waals surface area contributed by atoms with Crippen LogP contribution in [0.2, 0.25) is 0 Å². The third-order valence-electron chi connectivity index (χ3n) is 3.87. The summed E-state index contributed by atoms with van der Waals surface area (Å²) in [5.74, 6) is 2.44. The number of ether oxygens (including phenoxy) is 1. The number of nitrogens with zero attached hydrogens (tertiary/aromatic N) is 5. The molecule has 0 bridgehead atoms. The minimum Gasteiger partial charge on any atom is -0.485 e. The van der Waals surface area contributed by atoms with Crippen LogP contribution in [0.5, 0.6) is 5.75 Å². The standard InChI is InChI=1S/C16H22N6O3/c1-11-19-14(20-25-11)9-18-16(23)22-8-6-12(10-22)24-13-5-4-7-17-15(13)21(2)3/h4-5,7,12H,6,8-10H2,1-3H3,(H,18,23)/t12-/m1/s1. The molecular weight excluding hydrogens is 324 g/mol. The Kier molecular flexibility index (Phi) is 5.01. The molecule has 25 heavy (non-hydrogen) atoms. The predicted octanol–water partition coefficient (Wildman–Crippen LogP) is 1.20. The molecule has 3 heterocycles. The van der Waals surface area contributed by atoms with Gasteiger partial charge in [0.2, 0.25) is 5.89 Å². The molecule has 1 fully saturated rings. The number of aryl methyl sites for hydroxylation is 1.